The van der Waals surface area contributed by atoms with Crippen LogP contribution in [0.3, 0.4) is 0 Å². The number of nitro benzene ring substituents is 1. The summed E-state index contributed by atoms with van der Waals surface area (Å²) >= 11 is 0. The topological polar surface area (TPSA) is 101 Å². The molecule has 1 N–H and O–H groups in total. The zero-order chi connectivity index (χ0) is 16.0. The number of imide groups is 1. The zero-order valence-electron chi connectivity index (χ0n) is 11.9. The van der Waals surface area contributed by atoms with Gasteiger partial charge in [-0.1, -0.05) is 11.6 Å². The minimum Gasteiger partial charge on any atom is -0.505 e. The van der Waals surface area contributed by atoms with Crippen molar-refractivity contribution in [2.24, 2.45) is 11.8 Å². The lowest BCUT2D eigenvalue weighted by Gasteiger charge is -2.18. The van der Waals surface area contributed by atoms with Crippen LogP contribution in [0.4, 0.5) is 11.4 Å². The van der Waals surface area contributed by atoms with Crippen LogP contribution in [0.1, 0.15) is 19.8 Å². The van der Waals surface area contributed by atoms with Gasteiger partial charge in [-0.15, -0.1) is 0 Å². The Labute approximate surface area is 126 Å². The third-order valence-electron chi connectivity index (χ3n) is 4.23. The molecule has 1 heterocycles. The van der Waals surface area contributed by atoms with Crippen LogP contribution in [0.2, 0.25) is 0 Å². The molecular formula is C15H14N2O5. The molecule has 3 rings (SSSR count). The van der Waals surface area contributed by atoms with E-state index in [1.54, 1.807) is 0 Å². The first-order valence-electron chi connectivity index (χ1n) is 6.91. The van der Waals surface area contributed by atoms with E-state index in [1.165, 1.54) is 12.1 Å². The maximum absolute atomic E-state index is 12.5. The van der Waals surface area contributed by atoms with Gasteiger partial charge < -0.3 is 5.11 Å². The fourth-order valence-electron chi connectivity index (χ4n) is 3.09. The van der Waals surface area contributed by atoms with E-state index >= 15 is 0 Å². The minimum atomic E-state index is -0.649. The van der Waals surface area contributed by atoms with Crippen LogP contribution in [-0.4, -0.2) is 21.8 Å². The van der Waals surface area contributed by atoms with Gasteiger partial charge in [-0.2, -0.15) is 0 Å². The summed E-state index contributed by atoms with van der Waals surface area (Å²) in [6, 6.07) is 3.35. The molecule has 0 unspecified atom stereocenters. The van der Waals surface area contributed by atoms with Crippen LogP contribution in [0.25, 0.3) is 0 Å². The van der Waals surface area contributed by atoms with Gasteiger partial charge in [0.1, 0.15) is 5.75 Å². The number of anilines is 1. The maximum Gasteiger partial charge on any atom is 0.273 e. The number of carbonyl (C=O) groups is 2. The first-order valence-corrected chi connectivity index (χ1v) is 6.91. The Balaban J connectivity index is 1.98. The van der Waals surface area contributed by atoms with Crippen molar-refractivity contribution < 1.29 is 19.6 Å². The Hall–Kier alpha value is -2.70. The van der Waals surface area contributed by atoms with E-state index in [9.17, 15) is 24.8 Å². The highest BCUT2D eigenvalue weighted by Crippen LogP contribution is 2.42. The molecule has 1 fully saturated rings. The van der Waals surface area contributed by atoms with Crippen molar-refractivity contribution in [3.8, 4) is 5.75 Å². The van der Waals surface area contributed by atoms with Gasteiger partial charge in [0.2, 0.25) is 11.8 Å². The Bertz CT molecular complexity index is 725. The van der Waals surface area contributed by atoms with E-state index in [1.807, 2.05) is 13.0 Å². The number of non-ortho nitro benzene ring substituents is 1. The number of allylic oxidation sites excluding steroid dienone is 2. The van der Waals surface area contributed by atoms with Crippen molar-refractivity contribution in [2.75, 3.05) is 4.90 Å². The summed E-state index contributed by atoms with van der Waals surface area (Å²) in [4.78, 5) is 36.0. The fraction of sp³-hybridized carbons (Fsp3) is 0.333. The van der Waals surface area contributed by atoms with Crippen molar-refractivity contribution in [1.82, 2.24) is 0 Å². The quantitative estimate of drug-likeness (QED) is 0.390. The van der Waals surface area contributed by atoms with Crippen molar-refractivity contribution in [3.63, 3.8) is 0 Å². The van der Waals surface area contributed by atoms with Gasteiger partial charge in [0, 0.05) is 6.07 Å². The first kappa shape index (κ1) is 14.2. The third-order valence-corrected chi connectivity index (χ3v) is 4.23. The predicted molar refractivity (Wildman–Crippen MR) is 77.2 cm³/mol. The number of carbonyl (C=O) groups excluding carboxylic acids is 2. The van der Waals surface area contributed by atoms with Gasteiger partial charge in [0.25, 0.3) is 5.69 Å². The number of phenols is 1. The van der Waals surface area contributed by atoms with E-state index in [0.717, 1.165) is 16.5 Å². The van der Waals surface area contributed by atoms with Gasteiger partial charge in [0.15, 0.2) is 0 Å². The van der Waals surface area contributed by atoms with E-state index in [-0.39, 0.29) is 23.2 Å². The largest absolute Gasteiger partial charge is 0.505 e. The molecule has 1 aromatic rings. The number of hydrogen-bond acceptors (Lipinski definition) is 5. The van der Waals surface area contributed by atoms with Crippen molar-refractivity contribution in [2.45, 2.75) is 19.8 Å². The van der Waals surface area contributed by atoms with Crippen LogP contribution in [-0.2, 0) is 9.59 Å². The molecule has 0 radical (unpaired) electrons. The van der Waals surface area contributed by atoms with E-state index in [2.05, 4.69) is 0 Å². The normalized spacial score (nSPS) is 24.2. The summed E-state index contributed by atoms with van der Waals surface area (Å²) in [5.41, 5.74) is 0.778. The number of benzene rings is 1. The molecule has 0 saturated carbocycles. The molecule has 2 amide bonds. The minimum absolute atomic E-state index is 0.00709. The Morgan fingerprint density at radius 1 is 1.27 bits per heavy atom. The Morgan fingerprint density at radius 2 is 1.95 bits per heavy atom. The molecule has 0 aromatic heterocycles. The lowest BCUT2D eigenvalue weighted by molar-refractivity contribution is -0.384. The summed E-state index contributed by atoms with van der Waals surface area (Å²) in [6.45, 7) is 1.92. The number of fused-ring (bicyclic) bond motifs is 1. The molecule has 0 bridgehead atoms. The van der Waals surface area contributed by atoms with Crippen LogP contribution in [0, 0.1) is 22.0 Å². The second-order valence-corrected chi connectivity index (χ2v) is 5.65. The average molecular weight is 302 g/mol. The monoisotopic (exact) mass is 302 g/mol. The SMILES string of the molecule is CC1=CC[C@H]2C(=O)N(c3ccc([N+](=O)[O-])cc3O)C(=O)[C@H]2C1. The molecular weight excluding hydrogens is 288 g/mol. The maximum atomic E-state index is 12.5. The van der Waals surface area contributed by atoms with E-state index in [0.29, 0.717) is 12.8 Å². The molecule has 0 spiro atoms. The first-order chi connectivity index (χ1) is 10.4. The highest BCUT2D eigenvalue weighted by atomic mass is 16.6. The molecule has 1 aliphatic heterocycles. The molecule has 22 heavy (non-hydrogen) atoms. The van der Waals surface area contributed by atoms with Gasteiger partial charge in [-0.25, -0.2) is 4.90 Å². The number of nitro groups is 1. The van der Waals surface area contributed by atoms with Crippen molar-refractivity contribution >= 4 is 23.2 Å². The van der Waals surface area contributed by atoms with E-state index < -0.39 is 22.5 Å². The van der Waals surface area contributed by atoms with Gasteiger partial charge in [0.05, 0.1) is 28.5 Å². The number of amides is 2. The number of nitrogens with zero attached hydrogens (tertiary/aromatic N) is 2. The molecule has 7 nitrogen and oxygen atoms in total. The Kier molecular flexibility index (Phi) is 3.20. The lowest BCUT2D eigenvalue weighted by atomic mass is 9.82. The highest BCUT2D eigenvalue weighted by molar-refractivity contribution is 6.22. The van der Waals surface area contributed by atoms with Crippen LogP contribution in [0.5, 0.6) is 5.75 Å². The number of rotatable bonds is 2. The number of aromatic hydroxyl groups is 1. The molecule has 1 aliphatic carbocycles. The van der Waals surface area contributed by atoms with Gasteiger partial charge in [-0.05, 0) is 25.8 Å². The standard InChI is InChI=1S/C15H14N2O5/c1-8-2-4-10-11(6-8)15(20)16(14(10)19)12-5-3-9(17(21)22)7-13(12)18/h2-3,5,7,10-11,18H,4,6H2,1H3/t10-,11+/m1/s1. The predicted octanol–water partition coefficient (Wildman–Crippen LogP) is 2.15. The lowest BCUT2D eigenvalue weighted by Crippen LogP contribution is -2.30. The fourth-order valence-corrected chi connectivity index (χ4v) is 3.09. The third kappa shape index (κ3) is 2.05. The molecule has 2 atom stereocenters. The van der Waals surface area contributed by atoms with Crippen LogP contribution >= 0.6 is 0 Å². The second kappa shape index (κ2) is 4.94. The molecule has 2 aliphatic rings. The number of phenolic OH excluding ortho intramolecular Hbond substituents is 1. The highest BCUT2D eigenvalue weighted by Gasteiger charge is 2.49. The van der Waals surface area contributed by atoms with Crippen LogP contribution < -0.4 is 4.90 Å². The second-order valence-electron chi connectivity index (χ2n) is 5.65. The molecule has 1 aromatic carbocycles. The summed E-state index contributed by atoms with van der Waals surface area (Å²) in [6.07, 6.45) is 2.98. The molecule has 1 saturated heterocycles. The van der Waals surface area contributed by atoms with Gasteiger partial charge in [-0.3, -0.25) is 19.7 Å². The van der Waals surface area contributed by atoms with E-state index in [4.69, 9.17) is 0 Å². The zero-order valence-corrected chi connectivity index (χ0v) is 11.9. The van der Waals surface area contributed by atoms with Gasteiger partial charge >= 0.3 is 0 Å². The summed E-state index contributed by atoms with van der Waals surface area (Å²) in [5.74, 6) is -1.98. The summed E-state index contributed by atoms with van der Waals surface area (Å²) < 4.78 is 0. The summed E-state index contributed by atoms with van der Waals surface area (Å²) in [5, 5.41) is 20.7. The van der Waals surface area contributed by atoms with Crippen LogP contribution in [0.15, 0.2) is 29.8 Å². The number of hydrogen-bond donors (Lipinski definition) is 1. The smallest absolute Gasteiger partial charge is 0.273 e. The van der Waals surface area contributed by atoms with Crippen molar-refractivity contribution in [3.05, 3.63) is 40.0 Å². The van der Waals surface area contributed by atoms with Crippen molar-refractivity contribution in [1.29, 1.82) is 0 Å². The Morgan fingerprint density at radius 3 is 2.59 bits per heavy atom. The average Bonchev–Trinajstić information content (AvgIpc) is 2.71. The molecule has 7 heteroatoms. The molecule has 114 valence electrons. The summed E-state index contributed by atoms with van der Waals surface area (Å²) in [7, 11) is 0.